The van der Waals surface area contributed by atoms with Crippen LogP contribution in [0, 0.1) is 24.0 Å². The summed E-state index contributed by atoms with van der Waals surface area (Å²) in [5.41, 5.74) is 5.28. The maximum atomic E-state index is 12.9. The molecular formula is C33H26N4O9. The third kappa shape index (κ3) is 6.28. The minimum atomic E-state index is -0.862. The molecule has 2 aromatic heterocycles. The molecule has 0 spiro atoms. The lowest BCUT2D eigenvalue weighted by Crippen LogP contribution is -2.17. The van der Waals surface area contributed by atoms with Crippen LogP contribution in [0.3, 0.4) is 0 Å². The lowest BCUT2D eigenvalue weighted by Gasteiger charge is -2.10. The number of ether oxygens (including phenoxy) is 4. The van der Waals surface area contributed by atoms with Crippen molar-refractivity contribution in [1.82, 2.24) is 9.99 Å². The number of furan rings is 1. The molecule has 0 bridgehead atoms. The topological polar surface area (TPSA) is 157 Å². The second-order valence-electron chi connectivity index (χ2n) is 10.1. The number of hydrogen-bond donors (Lipinski definition) is 1. The third-order valence-electron chi connectivity index (χ3n) is 7.03. The van der Waals surface area contributed by atoms with Crippen molar-refractivity contribution in [3.63, 3.8) is 0 Å². The van der Waals surface area contributed by atoms with E-state index in [1.165, 1.54) is 42.5 Å². The molecule has 0 unspecified atom stereocenters. The van der Waals surface area contributed by atoms with Crippen LogP contribution in [0.15, 0.2) is 94.4 Å². The lowest BCUT2D eigenvalue weighted by atomic mass is 10.1. The van der Waals surface area contributed by atoms with Gasteiger partial charge in [0.2, 0.25) is 12.5 Å². The van der Waals surface area contributed by atoms with Crippen molar-refractivity contribution in [2.75, 3.05) is 6.79 Å². The number of para-hydroxylation sites is 1. The van der Waals surface area contributed by atoms with Crippen molar-refractivity contribution in [3.05, 3.63) is 129 Å². The predicted molar refractivity (Wildman–Crippen MR) is 164 cm³/mol. The van der Waals surface area contributed by atoms with Crippen molar-refractivity contribution in [2.24, 2.45) is 5.10 Å². The van der Waals surface area contributed by atoms with Gasteiger partial charge in [-0.25, -0.2) is 10.2 Å². The summed E-state index contributed by atoms with van der Waals surface area (Å²) in [6.07, 6.45) is 1.13. The van der Waals surface area contributed by atoms with Gasteiger partial charge in [-0.2, -0.15) is 5.10 Å². The molecule has 1 aliphatic heterocycles. The molecule has 0 radical (unpaired) electrons. The smallest absolute Gasteiger partial charge is 0.343 e. The number of carbonyl (C=O) groups is 2. The number of nitrogens with zero attached hydrogens (tertiary/aromatic N) is 3. The average Bonchev–Trinajstić information content (AvgIpc) is 3.80. The number of benzene rings is 3. The number of hydrogen-bond acceptors (Lipinski definition) is 10. The van der Waals surface area contributed by atoms with Gasteiger partial charge in [-0.15, -0.1) is 0 Å². The molecule has 232 valence electrons. The molecule has 0 saturated carbocycles. The summed E-state index contributed by atoms with van der Waals surface area (Å²) in [7, 11) is 0. The second-order valence-corrected chi connectivity index (χ2v) is 10.1. The molecule has 1 aliphatic rings. The second kappa shape index (κ2) is 12.7. The van der Waals surface area contributed by atoms with Gasteiger partial charge >= 0.3 is 17.6 Å². The Morgan fingerprint density at radius 3 is 2.50 bits per heavy atom. The van der Waals surface area contributed by atoms with E-state index in [4.69, 9.17) is 23.4 Å². The van der Waals surface area contributed by atoms with Crippen LogP contribution in [0.2, 0.25) is 0 Å². The molecule has 46 heavy (non-hydrogen) atoms. The van der Waals surface area contributed by atoms with Gasteiger partial charge in [-0.05, 0) is 86.6 Å². The number of amides is 1. The molecule has 5 aromatic rings. The van der Waals surface area contributed by atoms with Crippen molar-refractivity contribution >= 4 is 23.8 Å². The van der Waals surface area contributed by atoms with E-state index < -0.39 is 22.5 Å². The lowest BCUT2D eigenvalue weighted by molar-refractivity contribution is -0.385. The summed E-state index contributed by atoms with van der Waals surface area (Å²) in [5.74, 6) is -0.0630. The molecule has 0 saturated heterocycles. The molecule has 13 heteroatoms. The fourth-order valence-electron chi connectivity index (χ4n) is 4.79. The van der Waals surface area contributed by atoms with Crippen LogP contribution >= 0.6 is 0 Å². The van der Waals surface area contributed by atoms with Gasteiger partial charge in [-0.1, -0.05) is 6.07 Å². The first-order valence-electron chi connectivity index (χ1n) is 14.0. The Morgan fingerprint density at radius 2 is 1.74 bits per heavy atom. The minimum absolute atomic E-state index is 0.0149. The number of hydrazone groups is 1. The molecule has 0 fully saturated rings. The zero-order valence-corrected chi connectivity index (χ0v) is 24.6. The van der Waals surface area contributed by atoms with E-state index in [9.17, 15) is 19.7 Å². The summed E-state index contributed by atoms with van der Waals surface area (Å²) in [6.45, 7) is 4.18. The van der Waals surface area contributed by atoms with Gasteiger partial charge in [0.1, 0.15) is 18.1 Å². The summed E-state index contributed by atoms with van der Waals surface area (Å²) in [6, 6.07) is 23.2. The van der Waals surface area contributed by atoms with Gasteiger partial charge in [-0.3, -0.25) is 14.9 Å². The molecule has 3 heterocycles. The van der Waals surface area contributed by atoms with Crippen LogP contribution < -0.4 is 24.4 Å². The van der Waals surface area contributed by atoms with Crippen LogP contribution in [0.4, 0.5) is 5.69 Å². The van der Waals surface area contributed by atoms with Crippen molar-refractivity contribution in [1.29, 1.82) is 0 Å². The van der Waals surface area contributed by atoms with E-state index in [1.54, 1.807) is 6.07 Å². The monoisotopic (exact) mass is 622 g/mol. The molecule has 1 N–H and O–H groups in total. The number of esters is 1. The number of carbonyl (C=O) groups excluding carboxylic acids is 2. The van der Waals surface area contributed by atoms with Crippen LogP contribution in [0.1, 0.15) is 43.6 Å². The Balaban J connectivity index is 1.08. The van der Waals surface area contributed by atoms with Gasteiger partial charge < -0.3 is 27.9 Å². The first-order valence-corrected chi connectivity index (χ1v) is 14.0. The van der Waals surface area contributed by atoms with Crippen molar-refractivity contribution < 1.29 is 37.9 Å². The van der Waals surface area contributed by atoms with Gasteiger partial charge in [0.25, 0.3) is 0 Å². The van der Waals surface area contributed by atoms with Gasteiger partial charge in [0.05, 0.1) is 16.7 Å². The summed E-state index contributed by atoms with van der Waals surface area (Å²) < 4.78 is 29.5. The van der Waals surface area contributed by atoms with Crippen molar-refractivity contribution in [2.45, 2.75) is 20.5 Å². The Bertz CT molecular complexity index is 1960. The highest BCUT2D eigenvalue weighted by molar-refractivity contribution is 5.96. The average molecular weight is 623 g/mol. The number of nitro groups is 1. The maximum Gasteiger partial charge on any atom is 0.343 e. The van der Waals surface area contributed by atoms with E-state index in [0.717, 1.165) is 23.3 Å². The first kappa shape index (κ1) is 29.7. The molecular weight excluding hydrogens is 596 g/mol. The van der Waals surface area contributed by atoms with E-state index in [-0.39, 0.29) is 36.0 Å². The van der Waals surface area contributed by atoms with Crippen LogP contribution in [-0.2, 0) is 6.61 Å². The Morgan fingerprint density at radius 1 is 0.978 bits per heavy atom. The predicted octanol–water partition coefficient (Wildman–Crippen LogP) is 5.89. The normalized spacial score (nSPS) is 11.9. The highest BCUT2D eigenvalue weighted by Crippen LogP contribution is 2.34. The highest BCUT2D eigenvalue weighted by atomic mass is 16.7. The van der Waals surface area contributed by atoms with Crippen LogP contribution in [0.5, 0.6) is 23.0 Å². The van der Waals surface area contributed by atoms with E-state index in [0.29, 0.717) is 23.0 Å². The number of nitro benzene ring substituents is 1. The number of aromatic nitrogens is 1. The fourth-order valence-corrected chi connectivity index (χ4v) is 4.79. The largest absolute Gasteiger partial charge is 0.486 e. The molecule has 0 aliphatic carbocycles. The van der Waals surface area contributed by atoms with Gasteiger partial charge in [0.15, 0.2) is 17.3 Å². The number of nitrogens with one attached hydrogen (secondary N) is 1. The standard InChI is InChI=1S/C33H26N4O9/c1-20-6-7-21(2)36(20)24-9-11-25(12-10-24)42-18-26-13-15-29(45-26)32(38)35-34-17-23-4-3-5-27(37(40)41)31(23)46-33(39)22-8-14-28-30(16-22)44-19-43-28/h3-17H,18-19H2,1-2H3,(H,35,38)/b34-17+. The van der Waals surface area contributed by atoms with Gasteiger partial charge in [0, 0.05) is 28.7 Å². The SMILES string of the molecule is Cc1ccc(C)n1-c1ccc(OCc2ccc(C(=O)N/N=C/c3cccc([N+](=O)[O-])c3OC(=O)c3ccc4c(c3)OCO4)o2)cc1. The third-order valence-corrected chi connectivity index (χ3v) is 7.03. The number of fused-ring (bicyclic) bond motifs is 1. The van der Waals surface area contributed by atoms with Crippen LogP contribution in [-0.4, -0.2) is 34.4 Å². The van der Waals surface area contributed by atoms with Crippen molar-refractivity contribution in [3.8, 4) is 28.7 Å². The molecule has 0 atom stereocenters. The maximum absolute atomic E-state index is 12.9. The molecule has 6 rings (SSSR count). The van der Waals surface area contributed by atoms with E-state index in [2.05, 4.69) is 27.2 Å². The summed E-state index contributed by atoms with van der Waals surface area (Å²) in [4.78, 5) is 36.5. The molecule has 1 amide bonds. The minimum Gasteiger partial charge on any atom is -0.486 e. The Labute approximate surface area is 261 Å². The zero-order valence-electron chi connectivity index (χ0n) is 24.6. The van der Waals surface area contributed by atoms with E-state index >= 15 is 0 Å². The zero-order chi connectivity index (χ0) is 32.2. The van der Waals surface area contributed by atoms with Crippen LogP contribution in [0.25, 0.3) is 5.69 Å². The Kier molecular flexibility index (Phi) is 8.20. The fraction of sp³-hybridized carbons (Fsp3) is 0.121. The summed E-state index contributed by atoms with van der Waals surface area (Å²) >= 11 is 0. The Hall–Kier alpha value is -6.37. The van der Waals surface area contributed by atoms with E-state index in [1.807, 2.05) is 38.1 Å². The quantitative estimate of drug-likeness (QED) is 0.0660. The summed E-state index contributed by atoms with van der Waals surface area (Å²) in [5, 5.41) is 15.6. The highest BCUT2D eigenvalue weighted by Gasteiger charge is 2.24. The first-order chi connectivity index (χ1) is 22.3. The molecule has 3 aromatic carbocycles. The molecule has 13 nitrogen and oxygen atoms in total. The number of aryl methyl sites for hydroxylation is 2. The number of rotatable bonds is 10.